The lowest BCUT2D eigenvalue weighted by Gasteiger charge is -2.07. The molecule has 1 aromatic carbocycles. The zero-order chi connectivity index (χ0) is 14.1. The van der Waals surface area contributed by atoms with Gasteiger partial charge in [-0.3, -0.25) is 10.1 Å². The van der Waals surface area contributed by atoms with Gasteiger partial charge in [-0.1, -0.05) is 24.3 Å². The average Bonchev–Trinajstić information content (AvgIpc) is 2.84. The standard InChI is InChI=1S/C14H12N4OS/c1-8-6-17-14(20-8)18-13(19)11-7-16-12(15)10-5-3-2-4-9(10)11/h2-7H,1H3,(H2,15,16)(H,17,18,19). The van der Waals surface area contributed by atoms with E-state index in [9.17, 15) is 4.79 Å². The minimum Gasteiger partial charge on any atom is -0.383 e. The van der Waals surface area contributed by atoms with Crippen molar-refractivity contribution in [2.75, 3.05) is 11.1 Å². The SMILES string of the molecule is Cc1cnc(NC(=O)c2cnc(N)c3ccccc23)s1. The molecule has 0 saturated heterocycles. The van der Waals surface area contributed by atoms with Crippen molar-refractivity contribution in [3.05, 3.63) is 47.1 Å². The predicted octanol–water partition coefficient (Wildman–Crippen LogP) is 2.83. The van der Waals surface area contributed by atoms with Crippen molar-refractivity contribution in [1.82, 2.24) is 9.97 Å². The topological polar surface area (TPSA) is 80.9 Å². The number of benzene rings is 1. The number of thiazole rings is 1. The van der Waals surface area contributed by atoms with Gasteiger partial charge in [0.15, 0.2) is 5.13 Å². The molecule has 1 amide bonds. The molecule has 2 heterocycles. The number of nitrogens with one attached hydrogen (secondary N) is 1. The highest BCUT2D eigenvalue weighted by atomic mass is 32.1. The van der Waals surface area contributed by atoms with Gasteiger partial charge in [-0.25, -0.2) is 9.97 Å². The molecule has 3 rings (SSSR count). The molecule has 20 heavy (non-hydrogen) atoms. The maximum atomic E-state index is 12.3. The Bertz CT molecular complexity index is 797. The minimum absolute atomic E-state index is 0.233. The number of hydrogen-bond acceptors (Lipinski definition) is 5. The molecule has 3 N–H and O–H groups in total. The molecular weight excluding hydrogens is 272 g/mol. The second kappa shape index (κ2) is 4.90. The highest BCUT2D eigenvalue weighted by Gasteiger charge is 2.13. The summed E-state index contributed by atoms with van der Waals surface area (Å²) in [5.41, 5.74) is 6.32. The minimum atomic E-state index is -0.233. The third kappa shape index (κ3) is 2.21. The number of pyridine rings is 1. The van der Waals surface area contributed by atoms with E-state index in [1.807, 2.05) is 31.2 Å². The Balaban J connectivity index is 2.01. The van der Waals surface area contributed by atoms with Crippen molar-refractivity contribution in [1.29, 1.82) is 0 Å². The van der Waals surface area contributed by atoms with Crippen molar-refractivity contribution < 1.29 is 4.79 Å². The molecule has 2 aromatic heterocycles. The van der Waals surface area contributed by atoms with Gasteiger partial charge < -0.3 is 5.73 Å². The molecule has 0 bridgehead atoms. The molecule has 0 atom stereocenters. The summed E-state index contributed by atoms with van der Waals surface area (Å²) < 4.78 is 0. The second-order valence-electron chi connectivity index (χ2n) is 4.33. The molecule has 6 heteroatoms. The molecule has 0 aliphatic carbocycles. The van der Waals surface area contributed by atoms with Crippen LogP contribution in [0.25, 0.3) is 10.8 Å². The number of anilines is 2. The summed E-state index contributed by atoms with van der Waals surface area (Å²) in [6, 6.07) is 7.44. The molecule has 0 unspecified atom stereocenters. The summed E-state index contributed by atoms with van der Waals surface area (Å²) in [5.74, 6) is 0.185. The Morgan fingerprint density at radius 2 is 1.95 bits per heavy atom. The molecule has 0 fully saturated rings. The zero-order valence-electron chi connectivity index (χ0n) is 10.8. The lowest BCUT2D eigenvalue weighted by atomic mass is 10.1. The monoisotopic (exact) mass is 284 g/mol. The van der Waals surface area contributed by atoms with Gasteiger partial charge in [0.2, 0.25) is 0 Å². The number of rotatable bonds is 2. The first-order valence-electron chi connectivity index (χ1n) is 6.02. The smallest absolute Gasteiger partial charge is 0.259 e. The van der Waals surface area contributed by atoms with E-state index < -0.39 is 0 Å². The quantitative estimate of drug-likeness (QED) is 0.758. The van der Waals surface area contributed by atoms with Gasteiger partial charge in [-0.2, -0.15) is 0 Å². The maximum absolute atomic E-state index is 12.3. The van der Waals surface area contributed by atoms with Crippen LogP contribution >= 0.6 is 11.3 Å². The number of aromatic nitrogens is 2. The van der Waals surface area contributed by atoms with Crippen molar-refractivity contribution in [2.24, 2.45) is 0 Å². The van der Waals surface area contributed by atoms with Crippen molar-refractivity contribution >= 4 is 39.0 Å². The summed E-state index contributed by atoms with van der Waals surface area (Å²) in [6.07, 6.45) is 3.22. The summed E-state index contributed by atoms with van der Waals surface area (Å²) in [4.78, 5) is 21.6. The molecule has 100 valence electrons. The molecule has 3 aromatic rings. The molecule has 0 aliphatic heterocycles. The average molecular weight is 284 g/mol. The van der Waals surface area contributed by atoms with Crippen LogP contribution in [0.5, 0.6) is 0 Å². The Morgan fingerprint density at radius 1 is 1.20 bits per heavy atom. The van der Waals surface area contributed by atoms with Crippen LogP contribution in [0.15, 0.2) is 36.7 Å². The number of nitrogen functional groups attached to an aromatic ring is 1. The normalized spacial score (nSPS) is 10.7. The van der Waals surface area contributed by atoms with Crippen LogP contribution in [-0.2, 0) is 0 Å². The first-order chi connectivity index (χ1) is 9.65. The molecule has 0 aliphatic rings. The van der Waals surface area contributed by atoms with E-state index in [0.717, 1.165) is 15.6 Å². The maximum Gasteiger partial charge on any atom is 0.259 e. The number of carbonyl (C=O) groups excluding carboxylic acids is 1. The molecule has 0 spiro atoms. The predicted molar refractivity (Wildman–Crippen MR) is 81.0 cm³/mol. The molecule has 0 radical (unpaired) electrons. The highest BCUT2D eigenvalue weighted by Crippen LogP contribution is 2.24. The fourth-order valence-electron chi connectivity index (χ4n) is 1.97. The molecular formula is C14H12N4OS. The van der Waals surface area contributed by atoms with Gasteiger partial charge in [-0.15, -0.1) is 11.3 Å². The van der Waals surface area contributed by atoms with E-state index in [-0.39, 0.29) is 5.91 Å². The number of aryl methyl sites for hydroxylation is 1. The van der Waals surface area contributed by atoms with Gasteiger partial charge in [0.25, 0.3) is 5.91 Å². The highest BCUT2D eigenvalue weighted by molar-refractivity contribution is 7.15. The summed E-state index contributed by atoms with van der Waals surface area (Å²) in [5, 5.41) is 4.91. The van der Waals surface area contributed by atoms with Gasteiger partial charge in [0.1, 0.15) is 5.82 Å². The third-order valence-electron chi connectivity index (χ3n) is 2.91. The Labute approximate surface area is 119 Å². The third-order valence-corrected chi connectivity index (χ3v) is 3.74. The van der Waals surface area contributed by atoms with Crippen LogP contribution in [0, 0.1) is 6.92 Å². The van der Waals surface area contributed by atoms with E-state index in [2.05, 4.69) is 15.3 Å². The van der Waals surface area contributed by atoms with Crippen LogP contribution in [-0.4, -0.2) is 15.9 Å². The number of nitrogens with zero attached hydrogens (tertiary/aromatic N) is 2. The second-order valence-corrected chi connectivity index (χ2v) is 5.57. The summed E-state index contributed by atoms with van der Waals surface area (Å²) >= 11 is 1.43. The summed E-state index contributed by atoms with van der Waals surface area (Å²) in [6.45, 7) is 1.94. The largest absolute Gasteiger partial charge is 0.383 e. The Hall–Kier alpha value is -2.47. The van der Waals surface area contributed by atoms with Crippen LogP contribution in [0.2, 0.25) is 0 Å². The van der Waals surface area contributed by atoms with E-state index >= 15 is 0 Å². The van der Waals surface area contributed by atoms with E-state index in [4.69, 9.17) is 5.73 Å². The number of nitrogens with two attached hydrogens (primary N) is 1. The van der Waals surface area contributed by atoms with Gasteiger partial charge in [-0.05, 0) is 12.3 Å². The van der Waals surface area contributed by atoms with Crippen molar-refractivity contribution in [3.8, 4) is 0 Å². The van der Waals surface area contributed by atoms with E-state index in [1.165, 1.54) is 17.5 Å². The van der Waals surface area contributed by atoms with Gasteiger partial charge in [0, 0.05) is 22.7 Å². The first-order valence-corrected chi connectivity index (χ1v) is 6.84. The zero-order valence-corrected chi connectivity index (χ0v) is 11.6. The fourth-order valence-corrected chi connectivity index (χ4v) is 2.63. The number of hydrogen-bond donors (Lipinski definition) is 2. The van der Waals surface area contributed by atoms with E-state index in [1.54, 1.807) is 6.20 Å². The number of fused-ring (bicyclic) bond motifs is 1. The van der Waals surface area contributed by atoms with Crippen molar-refractivity contribution in [2.45, 2.75) is 6.92 Å². The first kappa shape index (κ1) is 12.6. The van der Waals surface area contributed by atoms with Crippen LogP contribution in [0.4, 0.5) is 10.9 Å². The summed E-state index contributed by atoms with van der Waals surface area (Å²) in [7, 11) is 0. The Kier molecular flexibility index (Phi) is 3.08. The van der Waals surface area contributed by atoms with Crippen LogP contribution in [0.3, 0.4) is 0 Å². The molecule has 0 saturated carbocycles. The fraction of sp³-hybridized carbons (Fsp3) is 0.0714. The lowest BCUT2D eigenvalue weighted by molar-refractivity contribution is 0.102. The van der Waals surface area contributed by atoms with Crippen LogP contribution in [0.1, 0.15) is 15.2 Å². The number of amides is 1. The van der Waals surface area contributed by atoms with Crippen LogP contribution < -0.4 is 11.1 Å². The lowest BCUT2D eigenvalue weighted by Crippen LogP contribution is -2.13. The van der Waals surface area contributed by atoms with Gasteiger partial charge in [0.05, 0.1) is 5.56 Å². The number of carbonyl (C=O) groups is 1. The van der Waals surface area contributed by atoms with E-state index in [0.29, 0.717) is 16.5 Å². The van der Waals surface area contributed by atoms with Gasteiger partial charge >= 0.3 is 0 Å². The van der Waals surface area contributed by atoms with Crippen molar-refractivity contribution in [3.63, 3.8) is 0 Å². The molecule has 5 nitrogen and oxygen atoms in total. The Morgan fingerprint density at radius 3 is 2.65 bits per heavy atom.